The van der Waals surface area contributed by atoms with E-state index >= 15 is 0 Å². The highest BCUT2D eigenvalue weighted by molar-refractivity contribution is 9.10. The number of nitrogens with zero attached hydrogens (tertiary/aromatic N) is 1. The van der Waals surface area contributed by atoms with Gasteiger partial charge >= 0.3 is 0 Å². The van der Waals surface area contributed by atoms with Crippen molar-refractivity contribution in [2.75, 3.05) is 18.4 Å². The summed E-state index contributed by atoms with van der Waals surface area (Å²) in [4.78, 5) is 26.9. The van der Waals surface area contributed by atoms with Crippen LogP contribution in [0.5, 0.6) is 0 Å². The molecule has 3 rings (SSSR count). The molecule has 1 atom stereocenters. The summed E-state index contributed by atoms with van der Waals surface area (Å²) >= 11 is 9.27. The minimum atomic E-state index is -0.205. The van der Waals surface area contributed by atoms with Crippen LogP contribution in [-0.4, -0.2) is 29.8 Å². The number of carbonyl (C=O) groups excluding carboxylic acids is 2. The Balaban J connectivity index is 1.65. The highest BCUT2D eigenvalue weighted by atomic mass is 79.9. The summed E-state index contributed by atoms with van der Waals surface area (Å²) in [6.45, 7) is 1.10. The zero-order chi connectivity index (χ0) is 17.8. The van der Waals surface area contributed by atoms with Gasteiger partial charge in [-0.05, 0) is 55.3 Å². The maximum atomic E-state index is 12.6. The van der Waals surface area contributed by atoms with Crippen LogP contribution < -0.4 is 5.32 Å². The first-order valence-electron chi connectivity index (χ1n) is 8.14. The van der Waals surface area contributed by atoms with Gasteiger partial charge in [0.05, 0.1) is 5.92 Å². The number of nitrogens with one attached hydrogen (secondary N) is 1. The van der Waals surface area contributed by atoms with Crippen molar-refractivity contribution in [1.29, 1.82) is 0 Å². The number of benzene rings is 2. The van der Waals surface area contributed by atoms with Crippen molar-refractivity contribution in [1.82, 2.24) is 4.90 Å². The molecule has 0 saturated carbocycles. The standard InChI is InChI=1S/C19H18BrClN2O2/c20-15-4-1-5-17(11-15)22-18(24)14-3-2-10-23(12-14)19(25)13-6-8-16(21)9-7-13/h1,4-9,11,14H,2-3,10,12H2,(H,22,24)/t14-/m0/s1. The zero-order valence-corrected chi connectivity index (χ0v) is 15.9. The highest BCUT2D eigenvalue weighted by Gasteiger charge is 2.29. The van der Waals surface area contributed by atoms with E-state index in [0.717, 1.165) is 23.0 Å². The lowest BCUT2D eigenvalue weighted by atomic mass is 9.96. The van der Waals surface area contributed by atoms with Crippen LogP contribution in [0, 0.1) is 5.92 Å². The van der Waals surface area contributed by atoms with Gasteiger partial charge in [0.25, 0.3) is 5.91 Å². The molecule has 2 aromatic carbocycles. The Labute approximate surface area is 160 Å². The van der Waals surface area contributed by atoms with E-state index in [-0.39, 0.29) is 17.7 Å². The van der Waals surface area contributed by atoms with E-state index in [1.54, 1.807) is 29.2 Å². The lowest BCUT2D eigenvalue weighted by Gasteiger charge is -2.32. The molecule has 25 heavy (non-hydrogen) atoms. The first-order valence-corrected chi connectivity index (χ1v) is 9.31. The fourth-order valence-electron chi connectivity index (χ4n) is 2.96. The fraction of sp³-hybridized carbons (Fsp3) is 0.263. The minimum Gasteiger partial charge on any atom is -0.338 e. The van der Waals surface area contributed by atoms with Gasteiger partial charge in [0.15, 0.2) is 0 Å². The van der Waals surface area contributed by atoms with Crippen LogP contribution in [0.25, 0.3) is 0 Å². The summed E-state index contributed by atoms with van der Waals surface area (Å²) in [6, 6.07) is 14.3. The Morgan fingerprint density at radius 1 is 1.16 bits per heavy atom. The molecule has 2 aromatic rings. The van der Waals surface area contributed by atoms with Crippen LogP contribution in [0.15, 0.2) is 53.0 Å². The maximum Gasteiger partial charge on any atom is 0.253 e. The summed E-state index contributed by atoms with van der Waals surface area (Å²) in [5.41, 5.74) is 1.35. The molecule has 1 heterocycles. The molecule has 0 aliphatic carbocycles. The Hall–Kier alpha value is -1.85. The van der Waals surface area contributed by atoms with Crippen LogP contribution in [-0.2, 0) is 4.79 Å². The molecule has 1 aliphatic heterocycles. The Morgan fingerprint density at radius 2 is 1.92 bits per heavy atom. The average Bonchev–Trinajstić information content (AvgIpc) is 2.62. The van der Waals surface area contributed by atoms with Crippen LogP contribution >= 0.6 is 27.5 Å². The van der Waals surface area contributed by atoms with Gasteiger partial charge < -0.3 is 10.2 Å². The Bertz CT molecular complexity index is 779. The van der Waals surface area contributed by atoms with E-state index in [2.05, 4.69) is 21.2 Å². The molecule has 0 aromatic heterocycles. The molecule has 1 fully saturated rings. The predicted molar refractivity (Wildman–Crippen MR) is 103 cm³/mol. The van der Waals surface area contributed by atoms with Crippen LogP contribution in [0.4, 0.5) is 5.69 Å². The number of carbonyl (C=O) groups is 2. The second-order valence-electron chi connectivity index (χ2n) is 6.10. The van der Waals surface area contributed by atoms with Gasteiger partial charge in [-0.1, -0.05) is 33.6 Å². The maximum absolute atomic E-state index is 12.6. The summed E-state index contributed by atoms with van der Waals surface area (Å²) in [7, 11) is 0. The molecule has 2 amide bonds. The molecule has 130 valence electrons. The van der Waals surface area contributed by atoms with Crippen molar-refractivity contribution in [2.45, 2.75) is 12.8 Å². The molecular weight excluding hydrogens is 404 g/mol. The molecule has 0 radical (unpaired) electrons. The molecule has 4 nitrogen and oxygen atoms in total. The smallest absolute Gasteiger partial charge is 0.253 e. The first kappa shape index (κ1) is 18.0. The van der Waals surface area contributed by atoms with Crippen molar-refractivity contribution in [3.05, 3.63) is 63.6 Å². The molecular formula is C19H18BrClN2O2. The van der Waals surface area contributed by atoms with Crippen LogP contribution in [0.1, 0.15) is 23.2 Å². The minimum absolute atomic E-state index is 0.0493. The number of piperidine rings is 1. The summed E-state index contributed by atoms with van der Waals surface area (Å²) in [6.07, 6.45) is 1.60. The van der Waals surface area contributed by atoms with Gasteiger partial charge in [0.1, 0.15) is 0 Å². The van der Waals surface area contributed by atoms with Crippen molar-refractivity contribution >= 4 is 45.0 Å². The van der Waals surface area contributed by atoms with E-state index in [9.17, 15) is 9.59 Å². The molecule has 1 saturated heterocycles. The lowest BCUT2D eigenvalue weighted by Crippen LogP contribution is -2.43. The number of halogens is 2. The average molecular weight is 422 g/mol. The second kappa shape index (κ2) is 8.02. The lowest BCUT2D eigenvalue weighted by molar-refractivity contribution is -0.121. The number of anilines is 1. The van der Waals surface area contributed by atoms with Crippen molar-refractivity contribution < 1.29 is 9.59 Å². The molecule has 6 heteroatoms. The zero-order valence-electron chi connectivity index (χ0n) is 13.5. The van der Waals surface area contributed by atoms with Gasteiger partial charge in [-0.3, -0.25) is 9.59 Å². The third-order valence-corrected chi connectivity index (χ3v) is 5.01. The monoisotopic (exact) mass is 420 g/mol. The van der Waals surface area contributed by atoms with Crippen LogP contribution in [0.3, 0.4) is 0 Å². The van der Waals surface area contributed by atoms with Gasteiger partial charge in [0, 0.05) is 33.8 Å². The second-order valence-corrected chi connectivity index (χ2v) is 7.45. The Kier molecular flexibility index (Phi) is 5.76. The summed E-state index contributed by atoms with van der Waals surface area (Å²) in [5, 5.41) is 3.53. The SMILES string of the molecule is O=C(Nc1cccc(Br)c1)[C@H]1CCCN(C(=O)c2ccc(Cl)cc2)C1. The summed E-state index contributed by atoms with van der Waals surface area (Å²) < 4.78 is 0.911. The van der Waals surface area contributed by atoms with E-state index in [1.165, 1.54) is 0 Å². The van der Waals surface area contributed by atoms with Crippen molar-refractivity contribution in [2.24, 2.45) is 5.92 Å². The van der Waals surface area contributed by atoms with Gasteiger partial charge in [-0.25, -0.2) is 0 Å². The topological polar surface area (TPSA) is 49.4 Å². The van der Waals surface area contributed by atoms with Crippen molar-refractivity contribution in [3.8, 4) is 0 Å². The number of likely N-dealkylation sites (tertiary alicyclic amines) is 1. The molecule has 0 bridgehead atoms. The number of amides is 2. The summed E-state index contributed by atoms with van der Waals surface area (Å²) in [5.74, 6) is -0.313. The highest BCUT2D eigenvalue weighted by Crippen LogP contribution is 2.22. The third kappa shape index (κ3) is 4.61. The normalized spacial score (nSPS) is 17.2. The third-order valence-electron chi connectivity index (χ3n) is 4.26. The van der Waals surface area contributed by atoms with E-state index < -0.39 is 0 Å². The Morgan fingerprint density at radius 3 is 2.64 bits per heavy atom. The molecule has 0 spiro atoms. The van der Waals surface area contributed by atoms with Gasteiger partial charge in [0.2, 0.25) is 5.91 Å². The quantitative estimate of drug-likeness (QED) is 0.788. The fourth-order valence-corrected chi connectivity index (χ4v) is 3.49. The van der Waals surface area contributed by atoms with Crippen molar-refractivity contribution in [3.63, 3.8) is 0 Å². The number of hydrogen-bond acceptors (Lipinski definition) is 2. The van der Waals surface area contributed by atoms with Gasteiger partial charge in [-0.15, -0.1) is 0 Å². The molecule has 0 unspecified atom stereocenters. The van der Waals surface area contributed by atoms with Gasteiger partial charge in [-0.2, -0.15) is 0 Å². The molecule has 1 aliphatic rings. The predicted octanol–water partition coefficient (Wildman–Crippen LogP) is 4.59. The largest absolute Gasteiger partial charge is 0.338 e. The van der Waals surface area contributed by atoms with E-state index in [0.29, 0.717) is 23.7 Å². The van der Waals surface area contributed by atoms with E-state index in [1.807, 2.05) is 24.3 Å². The van der Waals surface area contributed by atoms with Crippen LogP contribution in [0.2, 0.25) is 5.02 Å². The number of rotatable bonds is 3. The first-order chi connectivity index (χ1) is 12.0. The number of hydrogen-bond donors (Lipinski definition) is 1. The van der Waals surface area contributed by atoms with E-state index in [4.69, 9.17) is 11.6 Å². The molecule has 1 N–H and O–H groups in total.